The summed E-state index contributed by atoms with van der Waals surface area (Å²) in [4.78, 5) is 23.3. The third-order valence-corrected chi connectivity index (χ3v) is 5.39. The van der Waals surface area contributed by atoms with Crippen molar-refractivity contribution in [1.29, 1.82) is 0 Å². The van der Waals surface area contributed by atoms with Gasteiger partial charge in [0.05, 0.1) is 17.9 Å². The molecule has 1 saturated heterocycles. The fourth-order valence-electron chi connectivity index (χ4n) is 2.17. The fraction of sp³-hybridized carbons (Fsp3) is 0.429. The number of carbonyl (C=O) groups is 2. The zero-order chi connectivity index (χ0) is 16.2. The van der Waals surface area contributed by atoms with Crippen molar-refractivity contribution in [2.24, 2.45) is 0 Å². The molecule has 8 heteroatoms. The van der Waals surface area contributed by atoms with Gasteiger partial charge in [0, 0.05) is 11.1 Å². The van der Waals surface area contributed by atoms with Gasteiger partial charge >= 0.3 is 5.97 Å². The van der Waals surface area contributed by atoms with E-state index in [0.29, 0.717) is 17.0 Å². The Labute approximate surface area is 133 Å². The van der Waals surface area contributed by atoms with Crippen LogP contribution in [0.4, 0.5) is 0 Å². The highest BCUT2D eigenvalue weighted by Gasteiger charge is 2.29. The van der Waals surface area contributed by atoms with Crippen LogP contribution in [0.25, 0.3) is 0 Å². The van der Waals surface area contributed by atoms with Crippen molar-refractivity contribution in [2.45, 2.75) is 18.9 Å². The first-order valence-corrected chi connectivity index (χ1v) is 8.94. The number of benzene rings is 1. The summed E-state index contributed by atoms with van der Waals surface area (Å²) >= 11 is 5.93. The Bertz CT molecular complexity index is 674. The SMILES string of the molecule is O=C(COC(=O)Cc1ccccc1Cl)N[C@@H]1CCS(=O)(=O)C1. The van der Waals surface area contributed by atoms with Crippen LogP contribution < -0.4 is 5.32 Å². The molecule has 120 valence electrons. The molecule has 0 bridgehead atoms. The van der Waals surface area contributed by atoms with Crippen molar-refractivity contribution in [2.75, 3.05) is 18.1 Å². The fourth-order valence-corrected chi connectivity index (χ4v) is 4.05. The minimum absolute atomic E-state index is 0.0231. The van der Waals surface area contributed by atoms with Gasteiger partial charge in [0.25, 0.3) is 5.91 Å². The highest BCUT2D eigenvalue weighted by atomic mass is 35.5. The van der Waals surface area contributed by atoms with E-state index < -0.39 is 34.4 Å². The summed E-state index contributed by atoms with van der Waals surface area (Å²) in [6, 6.07) is 6.46. The van der Waals surface area contributed by atoms with Crippen molar-refractivity contribution < 1.29 is 22.7 Å². The summed E-state index contributed by atoms with van der Waals surface area (Å²) in [5, 5.41) is 3.00. The zero-order valence-electron chi connectivity index (χ0n) is 11.7. The molecule has 1 fully saturated rings. The molecule has 1 aromatic carbocycles. The second-order valence-electron chi connectivity index (χ2n) is 5.10. The highest BCUT2D eigenvalue weighted by molar-refractivity contribution is 7.91. The Kier molecular flexibility index (Phi) is 5.42. The highest BCUT2D eigenvalue weighted by Crippen LogP contribution is 2.15. The maximum absolute atomic E-state index is 11.7. The molecular formula is C14H16ClNO5S. The van der Waals surface area contributed by atoms with Crippen LogP contribution in [0.1, 0.15) is 12.0 Å². The number of hydrogen-bond acceptors (Lipinski definition) is 5. The van der Waals surface area contributed by atoms with E-state index in [-0.39, 0.29) is 17.9 Å². The van der Waals surface area contributed by atoms with Crippen molar-refractivity contribution in [3.8, 4) is 0 Å². The Balaban J connectivity index is 1.74. The van der Waals surface area contributed by atoms with E-state index in [0.717, 1.165) is 0 Å². The third kappa shape index (κ3) is 4.99. The summed E-state index contributed by atoms with van der Waals surface area (Å²) in [5.41, 5.74) is 0.622. The number of esters is 1. The van der Waals surface area contributed by atoms with Gasteiger partial charge in [-0.3, -0.25) is 9.59 Å². The number of carbonyl (C=O) groups excluding carboxylic acids is 2. The molecule has 0 radical (unpaired) electrons. The number of rotatable bonds is 5. The first-order chi connectivity index (χ1) is 10.4. The summed E-state index contributed by atoms with van der Waals surface area (Å²) in [6.07, 6.45) is 0.367. The van der Waals surface area contributed by atoms with Crippen molar-refractivity contribution in [3.63, 3.8) is 0 Å². The molecular weight excluding hydrogens is 330 g/mol. The predicted octanol–water partition coefficient (Wildman–Crippen LogP) is 0.729. The van der Waals surface area contributed by atoms with Gasteiger partial charge in [0.1, 0.15) is 0 Å². The second-order valence-corrected chi connectivity index (χ2v) is 7.73. The molecule has 2 rings (SSSR count). The van der Waals surface area contributed by atoms with Gasteiger partial charge in [-0.2, -0.15) is 0 Å². The van der Waals surface area contributed by atoms with Gasteiger partial charge in [0.15, 0.2) is 16.4 Å². The number of amides is 1. The van der Waals surface area contributed by atoms with E-state index in [4.69, 9.17) is 16.3 Å². The Morgan fingerprint density at radius 2 is 2.05 bits per heavy atom. The monoisotopic (exact) mass is 345 g/mol. The average Bonchev–Trinajstić information content (AvgIpc) is 2.78. The third-order valence-electron chi connectivity index (χ3n) is 3.25. The number of nitrogens with one attached hydrogen (secondary N) is 1. The minimum Gasteiger partial charge on any atom is -0.455 e. The molecule has 22 heavy (non-hydrogen) atoms. The number of sulfone groups is 1. The molecule has 1 N–H and O–H groups in total. The zero-order valence-corrected chi connectivity index (χ0v) is 13.3. The molecule has 1 amide bonds. The summed E-state index contributed by atoms with van der Waals surface area (Å²) in [7, 11) is -3.05. The van der Waals surface area contributed by atoms with Crippen LogP contribution in [0.15, 0.2) is 24.3 Å². The van der Waals surface area contributed by atoms with Crippen LogP contribution in [0.3, 0.4) is 0 Å². The smallest absolute Gasteiger partial charge is 0.310 e. The molecule has 1 atom stereocenters. The molecule has 0 spiro atoms. The molecule has 0 aromatic heterocycles. The number of ether oxygens (including phenoxy) is 1. The van der Waals surface area contributed by atoms with Gasteiger partial charge in [0.2, 0.25) is 0 Å². The van der Waals surface area contributed by atoms with Crippen LogP contribution in [-0.4, -0.2) is 44.4 Å². The lowest BCUT2D eigenvalue weighted by molar-refractivity contribution is -0.148. The predicted molar refractivity (Wildman–Crippen MR) is 81.3 cm³/mol. The van der Waals surface area contributed by atoms with Gasteiger partial charge in [-0.05, 0) is 18.1 Å². The van der Waals surface area contributed by atoms with Crippen LogP contribution in [0.2, 0.25) is 5.02 Å². The Morgan fingerprint density at radius 3 is 2.68 bits per heavy atom. The van der Waals surface area contributed by atoms with Gasteiger partial charge in [-0.15, -0.1) is 0 Å². The van der Waals surface area contributed by atoms with Crippen LogP contribution >= 0.6 is 11.6 Å². The molecule has 1 aromatic rings. The Morgan fingerprint density at radius 1 is 1.32 bits per heavy atom. The van der Waals surface area contributed by atoms with E-state index in [1.165, 1.54) is 0 Å². The van der Waals surface area contributed by atoms with Gasteiger partial charge in [-0.1, -0.05) is 29.8 Å². The quantitative estimate of drug-likeness (QED) is 0.795. The van der Waals surface area contributed by atoms with Crippen molar-refractivity contribution >= 4 is 33.3 Å². The first-order valence-electron chi connectivity index (χ1n) is 6.74. The maximum Gasteiger partial charge on any atom is 0.310 e. The largest absolute Gasteiger partial charge is 0.455 e. The van der Waals surface area contributed by atoms with E-state index >= 15 is 0 Å². The van der Waals surface area contributed by atoms with E-state index in [1.54, 1.807) is 24.3 Å². The summed E-state index contributed by atoms with van der Waals surface area (Å²) in [5.74, 6) is -1.06. The second kappa shape index (κ2) is 7.11. The molecule has 0 saturated carbocycles. The van der Waals surface area contributed by atoms with Crippen molar-refractivity contribution in [1.82, 2.24) is 5.32 Å². The summed E-state index contributed by atoms with van der Waals surface area (Å²) in [6.45, 7) is -0.431. The molecule has 1 aliphatic rings. The standard InChI is InChI=1S/C14H16ClNO5S/c15-12-4-2-1-3-10(12)7-14(18)21-8-13(17)16-11-5-6-22(19,20)9-11/h1-4,11H,5-9H2,(H,16,17)/t11-/m1/s1. The lowest BCUT2D eigenvalue weighted by atomic mass is 10.1. The van der Waals surface area contributed by atoms with Crippen LogP contribution in [-0.2, 0) is 30.6 Å². The number of halogens is 1. The normalized spacial score (nSPS) is 19.6. The number of hydrogen-bond donors (Lipinski definition) is 1. The summed E-state index contributed by atoms with van der Waals surface area (Å²) < 4.78 is 27.4. The topological polar surface area (TPSA) is 89.5 Å². The van der Waals surface area contributed by atoms with E-state index in [2.05, 4.69) is 5.32 Å². The molecule has 1 heterocycles. The van der Waals surface area contributed by atoms with Crippen molar-refractivity contribution in [3.05, 3.63) is 34.9 Å². The molecule has 6 nitrogen and oxygen atoms in total. The average molecular weight is 346 g/mol. The maximum atomic E-state index is 11.7. The lowest BCUT2D eigenvalue weighted by Crippen LogP contribution is -2.38. The molecule has 0 unspecified atom stereocenters. The van der Waals surface area contributed by atoms with Crippen LogP contribution in [0.5, 0.6) is 0 Å². The first kappa shape index (κ1) is 16.8. The molecule has 0 aliphatic carbocycles. The van der Waals surface area contributed by atoms with E-state index in [1.807, 2.05) is 0 Å². The van der Waals surface area contributed by atoms with E-state index in [9.17, 15) is 18.0 Å². The van der Waals surface area contributed by atoms with Gasteiger partial charge in [-0.25, -0.2) is 8.42 Å². The van der Waals surface area contributed by atoms with Gasteiger partial charge < -0.3 is 10.1 Å². The Hall–Kier alpha value is -1.60. The van der Waals surface area contributed by atoms with Crippen LogP contribution in [0, 0.1) is 0 Å². The lowest BCUT2D eigenvalue weighted by Gasteiger charge is -2.11. The molecule has 1 aliphatic heterocycles. The minimum atomic E-state index is -3.05.